The van der Waals surface area contributed by atoms with Crippen LogP contribution in [0.1, 0.15) is 17.1 Å². The standard InChI is InChI=1S/C22H20N6/c1-15-11-21-20(27(15)14-17-7-4-3-5-8-17)12-19(22-26-25-16(2)28(21)22)24-18-9-6-10-23-13-18/h3-13,24H,14H2,1-2H3. The number of fused-ring (bicyclic) bond motifs is 3. The summed E-state index contributed by atoms with van der Waals surface area (Å²) in [5.41, 5.74) is 7.37. The Labute approximate surface area is 162 Å². The minimum absolute atomic E-state index is 0.811. The topological polar surface area (TPSA) is 60.0 Å². The van der Waals surface area contributed by atoms with Gasteiger partial charge in [0, 0.05) is 18.4 Å². The van der Waals surface area contributed by atoms with Crippen LogP contribution in [0.25, 0.3) is 16.7 Å². The zero-order chi connectivity index (χ0) is 19.1. The highest BCUT2D eigenvalue weighted by Crippen LogP contribution is 2.30. The first-order valence-corrected chi connectivity index (χ1v) is 9.26. The number of nitrogens with zero attached hydrogens (tertiary/aromatic N) is 5. The van der Waals surface area contributed by atoms with Crippen LogP contribution < -0.4 is 5.32 Å². The second kappa shape index (κ2) is 6.49. The molecular formula is C22H20N6. The molecule has 0 aliphatic heterocycles. The van der Waals surface area contributed by atoms with Gasteiger partial charge in [-0.25, -0.2) is 0 Å². The molecule has 28 heavy (non-hydrogen) atoms. The van der Waals surface area contributed by atoms with Crippen molar-refractivity contribution in [1.82, 2.24) is 24.1 Å². The van der Waals surface area contributed by atoms with Crippen molar-refractivity contribution in [2.24, 2.45) is 0 Å². The van der Waals surface area contributed by atoms with E-state index < -0.39 is 0 Å². The zero-order valence-electron chi connectivity index (χ0n) is 15.8. The lowest BCUT2D eigenvalue weighted by molar-refractivity contribution is 0.805. The van der Waals surface area contributed by atoms with Crippen LogP contribution in [0.5, 0.6) is 0 Å². The molecule has 0 amide bonds. The minimum atomic E-state index is 0.811. The maximum atomic E-state index is 4.41. The van der Waals surface area contributed by atoms with Crippen molar-refractivity contribution in [3.8, 4) is 0 Å². The van der Waals surface area contributed by atoms with Crippen LogP contribution >= 0.6 is 0 Å². The molecule has 1 aromatic carbocycles. The molecule has 0 radical (unpaired) electrons. The molecule has 0 aliphatic rings. The van der Waals surface area contributed by atoms with Crippen molar-refractivity contribution in [3.63, 3.8) is 0 Å². The van der Waals surface area contributed by atoms with Gasteiger partial charge in [0.1, 0.15) is 5.82 Å². The van der Waals surface area contributed by atoms with Crippen molar-refractivity contribution < 1.29 is 0 Å². The van der Waals surface area contributed by atoms with Crippen molar-refractivity contribution in [1.29, 1.82) is 0 Å². The second-order valence-corrected chi connectivity index (χ2v) is 6.96. The predicted molar refractivity (Wildman–Crippen MR) is 111 cm³/mol. The van der Waals surface area contributed by atoms with Crippen LogP contribution in [0, 0.1) is 13.8 Å². The fourth-order valence-electron chi connectivity index (χ4n) is 3.70. The zero-order valence-corrected chi connectivity index (χ0v) is 15.8. The lowest BCUT2D eigenvalue weighted by Crippen LogP contribution is -2.03. The van der Waals surface area contributed by atoms with Crippen molar-refractivity contribution >= 4 is 28.1 Å². The van der Waals surface area contributed by atoms with Gasteiger partial charge >= 0.3 is 0 Å². The summed E-state index contributed by atoms with van der Waals surface area (Å²) in [6, 6.07) is 18.8. The van der Waals surface area contributed by atoms with E-state index in [-0.39, 0.29) is 0 Å². The number of hydrogen-bond acceptors (Lipinski definition) is 4. The Bertz CT molecular complexity index is 1270. The number of hydrogen-bond donors (Lipinski definition) is 1. The molecule has 0 aliphatic carbocycles. The third-order valence-electron chi connectivity index (χ3n) is 5.04. The lowest BCUT2D eigenvalue weighted by Gasteiger charge is -2.12. The molecule has 5 aromatic rings. The van der Waals surface area contributed by atoms with Crippen LogP contribution in [0.2, 0.25) is 0 Å². The molecule has 138 valence electrons. The molecule has 0 spiro atoms. The van der Waals surface area contributed by atoms with Gasteiger partial charge in [-0.05, 0) is 43.7 Å². The van der Waals surface area contributed by atoms with Crippen LogP contribution in [-0.2, 0) is 6.54 Å². The van der Waals surface area contributed by atoms with E-state index in [1.807, 2.05) is 25.1 Å². The van der Waals surface area contributed by atoms with Gasteiger partial charge in [-0.3, -0.25) is 9.38 Å². The van der Waals surface area contributed by atoms with Gasteiger partial charge in [-0.15, -0.1) is 10.2 Å². The Morgan fingerprint density at radius 1 is 0.929 bits per heavy atom. The van der Waals surface area contributed by atoms with E-state index in [9.17, 15) is 0 Å². The normalized spacial score (nSPS) is 11.4. The first-order chi connectivity index (χ1) is 13.7. The quantitative estimate of drug-likeness (QED) is 0.508. The molecule has 6 heteroatoms. The lowest BCUT2D eigenvalue weighted by atomic mass is 10.2. The summed E-state index contributed by atoms with van der Waals surface area (Å²) in [4.78, 5) is 4.20. The van der Waals surface area contributed by atoms with Crippen LogP contribution in [0.3, 0.4) is 0 Å². The third-order valence-corrected chi connectivity index (χ3v) is 5.04. The molecule has 4 heterocycles. The van der Waals surface area contributed by atoms with E-state index in [1.165, 1.54) is 11.3 Å². The van der Waals surface area contributed by atoms with Crippen LogP contribution in [0.15, 0.2) is 67.0 Å². The van der Waals surface area contributed by atoms with Gasteiger partial charge < -0.3 is 9.88 Å². The van der Waals surface area contributed by atoms with Gasteiger partial charge in [-0.2, -0.15) is 0 Å². The maximum Gasteiger partial charge on any atom is 0.185 e. The third kappa shape index (κ3) is 2.70. The number of nitrogens with one attached hydrogen (secondary N) is 1. The summed E-state index contributed by atoms with van der Waals surface area (Å²) in [5, 5.41) is 12.2. The van der Waals surface area contributed by atoms with Gasteiger partial charge in [0.05, 0.1) is 28.6 Å². The number of pyridine rings is 2. The van der Waals surface area contributed by atoms with E-state index >= 15 is 0 Å². The molecule has 6 nitrogen and oxygen atoms in total. The van der Waals surface area contributed by atoms with Gasteiger partial charge in [-0.1, -0.05) is 30.3 Å². The number of aromatic nitrogens is 5. The van der Waals surface area contributed by atoms with Gasteiger partial charge in [0.15, 0.2) is 5.65 Å². The van der Waals surface area contributed by atoms with Crippen molar-refractivity contribution in [3.05, 3.63) is 84.1 Å². The summed E-state index contributed by atoms with van der Waals surface area (Å²) in [6.45, 7) is 4.94. The SMILES string of the molecule is Cc1cc2c(cc(Nc3cccnc3)c3nnc(C)n32)n1Cc1ccccc1. The second-order valence-electron chi connectivity index (χ2n) is 6.96. The van der Waals surface area contributed by atoms with Gasteiger partial charge in [0.2, 0.25) is 0 Å². The average Bonchev–Trinajstić information content (AvgIpc) is 3.25. The molecule has 0 bridgehead atoms. The van der Waals surface area contributed by atoms with E-state index in [0.29, 0.717) is 0 Å². The smallest absolute Gasteiger partial charge is 0.185 e. The van der Waals surface area contributed by atoms with Crippen molar-refractivity contribution in [2.45, 2.75) is 20.4 Å². The summed E-state index contributed by atoms with van der Waals surface area (Å²) >= 11 is 0. The summed E-state index contributed by atoms with van der Waals surface area (Å²) in [6.07, 6.45) is 3.57. The van der Waals surface area contributed by atoms with Crippen molar-refractivity contribution in [2.75, 3.05) is 5.32 Å². The Hall–Kier alpha value is -3.67. The molecule has 0 saturated heterocycles. The van der Waals surface area contributed by atoms with Crippen LogP contribution in [0.4, 0.5) is 11.4 Å². The Balaban J connectivity index is 1.72. The molecule has 0 unspecified atom stereocenters. The van der Waals surface area contributed by atoms with E-state index in [4.69, 9.17) is 0 Å². The number of anilines is 2. The summed E-state index contributed by atoms with van der Waals surface area (Å²) < 4.78 is 4.44. The van der Waals surface area contributed by atoms with Gasteiger partial charge in [0.25, 0.3) is 0 Å². The molecule has 5 rings (SSSR count). The van der Waals surface area contributed by atoms with E-state index in [0.717, 1.165) is 40.4 Å². The minimum Gasteiger partial charge on any atom is -0.351 e. The monoisotopic (exact) mass is 368 g/mol. The highest BCUT2D eigenvalue weighted by molar-refractivity contribution is 5.89. The first kappa shape index (κ1) is 16.5. The molecule has 0 fully saturated rings. The van der Waals surface area contributed by atoms with Crippen LogP contribution in [-0.4, -0.2) is 24.1 Å². The number of benzene rings is 1. The Morgan fingerprint density at radius 2 is 1.79 bits per heavy atom. The average molecular weight is 368 g/mol. The highest BCUT2D eigenvalue weighted by Gasteiger charge is 2.16. The largest absolute Gasteiger partial charge is 0.351 e. The summed E-state index contributed by atoms with van der Waals surface area (Å²) in [5.74, 6) is 0.867. The molecular weight excluding hydrogens is 348 g/mol. The Morgan fingerprint density at radius 3 is 2.57 bits per heavy atom. The molecule has 1 N–H and O–H groups in total. The fourth-order valence-corrected chi connectivity index (χ4v) is 3.70. The maximum absolute atomic E-state index is 4.41. The Kier molecular flexibility index (Phi) is 3.83. The van der Waals surface area contributed by atoms with E-state index in [2.05, 4.69) is 72.8 Å². The summed E-state index contributed by atoms with van der Waals surface area (Å²) in [7, 11) is 0. The molecule has 4 aromatic heterocycles. The fraction of sp³-hybridized carbons (Fsp3) is 0.136. The van der Waals surface area contributed by atoms with E-state index in [1.54, 1.807) is 12.4 Å². The predicted octanol–water partition coefficient (Wildman–Crippen LogP) is 4.49. The number of aryl methyl sites for hydroxylation is 2. The molecule has 0 saturated carbocycles. The molecule has 0 atom stereocenters. The number of rotatable bonds is 4. The highest BCUT2D eigenvalue weighted by atomic mass is 15.3. The first-order valence-electron chi connectivity index (χ1n) is 9.26.